The summed E-state index contributed by atoms with van der Waals surface area (Å²) in [6.07, 6.45) is 0. The molecule has 0 saturated carbocycles. The van der Waals surface area contributed by atoms with Gasteiger partial charge in [0.2, 0.25) is 0 Å². The molecule has 0 spiro atoms. The number of carbonyl (C=O) groups is 2. The Bertz CT molecular complexity index is 855. The van der Waals surface area contributed by atoms with E-state index in [2.05, 4.69) is 16.2 Å². The Balaban J connectivity index is 1.78. The number of benzene rings is 2. The predicted molar refractivity (Wildman–Crippen MR) is 96.6 cm³/mol. The molecule has 0 atom stereocenters. The Hall–Kier alpha value is -3.82. The van der Waals surface area contributed by atoms with Crippen LogP contribution in [-0.4, -0.2) is 30.6 Å². The second-order valence-corrected chi connectivity index (χ2v) is 5.35. The van der Waals surface area contributed by atoms with E-state index in [1.807, 2.05) is 0 Å². The number of hydrogen-bond acceptors (Lipinski definition) is 6. The van der Waals surface area contributed by atoms with Crippen LogP contribution in [0.2, 0.25) is 0 Å². The number of nitro benzene ring substituents is 1. The summed E-state index contributed by atoms with van der Waals surface area (Å²) in [5.41, 5.74) is 5.22. The van der Waals surface area contributed by atoms with Crippen molar-refractivity contribution in [3.05, 3.63) is 58.1 Å². The predicted octanol–water partition coefficient (Wildman–Crippen LogP) is 2.14. The Morgan fingerprint density at radius 2 is 1.89 bits per heavy atom. The number of carbonyl (C=O) groups excluding carboxylic acids is 2. The molecule has 0 heterocycles. The van der Waals surface area contributed by atoms with E-state index in [9.17, 15) is 19.7 Å². The zero-order valence-electron chi connectivity index (χ0n) is 14.6. The number of nitro groups is 1. The van der Waals surface area contributed by atoms with E-state index in [1.165, 1.54) is 25.3 Å². The van der Waals surface area contributed by atoms with Crippen molar-refractivity contribution in [2.75, 3.05) is 19.0 Å². The molecular formula is C17H18N4O6. The van der Waals surface area contributed by atoms with Crippen LogP contribution in [0.3, 0.4) is 0 Å². The van der Waals surface area contributed by atoms with Crippen molar-refractivity contribution in [3.63, 3.8) is 0 Å². The molecule has 2 aromatic rings. The van der Waals surface area contributed by atoms with Crippen LogP contribution < -0.4 is 25.6 Å². The van der Waals surface area contributed by atoms with E-state index < -0.39 is 16.9 Å². The summed E-state index contributed by atoms with van der Waals surface area (Å²) in [7, 11) is 1.51. The first-order chi connectivity index (χ1) is 12.9. The molecule has 3 amide bonds. The molecule has 10 nitrogen and oxygen atoms in total. The van der Waals surface area contributed by atoms with E-state index >= 15 is 0 Å². The second-order valence-electron chi connectivity index (χ2n) is 5.35. The molecule has 0 bridgehead atoms. The van der Waals surface area contributed by atoms with Gasteiger partial charge in [-0.25, -0.2) is 10.2 Å². The highest BCUT2D eigenvalue weighted by molar-refractivity contribution is 5.91. The molecule has 0 aliphatic rings. The summed E-state index contributed by atoms with van der Waals surface area (Å²) in [5.74, 6) is 0.268. The topological polar surface area (TPSA) is 132 Å². The van der Waals surface area contributed by atoms with E-state index in [0.717, 1.165) is 0 Å². The largest absolute Gasteiger partial charge is 0.497 e. The lowest BCUT2D eigenvalue weighted by atomic mass is 10.2. The van der Waals surface area contributed by atoms with Crippen molar-refractivity contribution >= 4 is 23.3 Å². The maximum absolute atomic E-state index is 11.8. The zero-order chi connectivity index (χ0) is 19.8. The highest BCUT2D eigenvalue weighted by Gasteiger charge is 2.12. The first kappa shape index (κ1) is 19.5. The number of ether oxygens (including phenoxy) is 2. The molecule has 10 heteroatoms. The standard InChI is InChI=1S/C17H18N4O6/c1-11-8-14(6-7-15(11)21(24)25)27-10-16(22)19-20-17(23)18-12-4-3-5-13(9-12)26-2/h3-9H,10H2,1-2H3,(H,19,22)(H2,18,20,23). The minimum atomic E-state index is -0.650. The maximum Gasteiger partial charge on any atom is 0.337 e. The quantitative estimate of drug-likeness (QED) is 0.524. The van der Waals surface area contributed by atoms with Gasteiger partial charge in [-0.3, -0.25) is 20.3 Å². The number of amides is 3. The molecular weight excluding hydrogens is 356 g/mol. The summed E-state index contributed by atoms with van der Waals surface area (Å²) < 4.78 is 10.3. The summed E-state index contributed by atoms with van der Waals surface area (Å²) in [4.78, 5) is 33.7. The highest BCUT2D eigenvalue weighted by atomic mass is 16.6. The summed E-state index contributed by atoms with van der Waals surface area (Å²) in [6.45, 7) is 1.19. The lowest BCUT2D eigenvalue weighted by Crippen LogP contribution is -2.45. The van der Waals surface area contributed by atoms with Crippen LogP contribution in [-0.2, 0) is 4.79 Å². The van der Waals surface area contributed by atoms with Gasteiger partial charge in [-0.05, 0) is 31.2 Å². The lowest BCUT2D eigenvalue weighted by Gasteiger charge is -2.10. The van der Waals surface area contributed by atoms with Crippen LogP contribution in [0.4, 0.5) is 16.2 Å². The van der Waals surface area contributed by atoms with Crippen molar-refractivity contribution in [3.8, 4) is 11.5 Å². The average Bonchev–Trinajstić information content (AvgIpc) is 2.64. The van der Waals surface area contributed by atoms with Gasteiger partial charge < -0.3 is 14.8 Å². The van der Waals surface area contributed by atoms with E-state index in [1.54, 1.807) is 31.2 Å². The number of nitrogens with one attached hydrogen (secondary N) is 3. The van der Waals surface area contributed by atoms with Crippen molar-refractivity contribution < 1.29 is 24.0 Å². The lowest BCUT2D eigenvalue weighted by molar-refractivity contribution is -0.385. The minimum absolute atomic E-state index is 0.0392. The normalized spacial score (nSPS) is 9.85. The fraction of sp³-hybridized carbons (Fsp3) is 0.176. The van der Waals surface area contributed by atoms with Crippen LogP contribution in [0.15, 0.2) is 42.5 Å². The number of urea groups is 1. The summed E-state index contributed by atoms with van der Waals surface area (Å²) >= 11 is 0. The fourth-order valence-corrected chi connectivity index (χ4v) is 2.10. The first-order valence-electron chi connectivity index (χ1n) is 7.77. The van der Waals surface area contributed by atoms with Crippen LogP contribution in [0.5, 0.6) is 11.5 Å². The molecule has 0 radical (unpaired) electrons. The van der Waals surface area contributed by atoms with Gasteiger partial charge in [0.25, 0.3) is 11.6 Å². The number of hydrogen-bond donors (Lipinski definition) is 3. The van der Waals surface area contributed by atoms with Gasteiger partial charge in [-0.2, -0.15) is 0 Å². The Morgan fingerprint density at radius 1 is 1.11 bits per heavy atom. The molecule has 0 saturated heterocycles. The SMILES string of the molecule is COc1cccc(NC(=O)NNC(=O)COc2ccc([N+](=O)[O-])c(C)c2)c1. The molecule has 142 valence electrons. The van der Waals surface area contributed by atoms with Crippen molar-refractivity contribution in [1.82, 2.24) is 10.9 Å². The van der Waals surface area contributed by atoms with Gasteiger partial charge in [0.1, 0.15) is 11.5 Å². The van der Waals surface area contributed by atoms with E-state index in [0.29, 0.717) is 22.7 Å². The third-order valence-electron chi connectivity index (χ3n) is 3.38. The van der Waals surface area contributed by atoms with Crippen LogP contribution in [0.1, 0.15) is 5.56 Å². The molecule has 0 aromatic heterocycles. The Kier molecular flexibility index (Phi) is 6.53. The summed E-state index contributed by atoms with van der Waals surface area (Å²) in [6, 6.07) is 10.2. The molecule has 2 rings (SSSR count). The van der Waals surface area contributed by atoms with E-state index in [4.69, 9.17) is 9.47 Å². The number of aryl methyl sites for hydroxylation is 1. The molecule has 0 aliphatic heterocycles. The van der Waals surface area contributed by atoms with Crippen LogP contribution >= 0.6 is 0 Å². The molecule has 0 fully saturated rings. The smallest absolute Gasteiger partial charge is 0.337 e. The number of anilines is 1. The first-order valence-corrected chi connectivity index (χ1v) is 7.77. The Labute approximate surface area is 154 Å². The summed E-state index contributed by atoms with van der Waals surface area (Å²) in [5, 5.41) is 13.3. The van der Waals surface area contributed by atoms with Gasteiger partial charge in [-0.15, -0.1) is 0 Å². The monoisotopic (exact) mass is 374 g/mol. The molecule has 2 aromatic carbocycles. The van der Waals surface area contributed by atoms with Gasteiger partial charge in [0, 0.05) is 23.4 Å². The molecule has 0 unspecified atom stereocenters. The highest BCUT2D eigenvalue weighted by Crippen LogP contribution is 2.22. The minimum Gasteiger partial charge on any atom is -0.497 e. The van der Waals surface area contributed by atoms with Gasteiger partial charge in [0.15, 0.2) is 6.61 Å². The van der Waals surface area contributed by atoms with Crippen LogP contribution in [0, 0.1) is 17.0 Å². The Morgan fingerprint density at radius 3 is 2.56 bits per heavy atom. The fourth-order valence-electron chi connectivity index (χ4n) is 2.10. The second kappa shape index (κ2) is 9.04. The van der Waals surface area contributed by atoms with Gasteiger partial charge >= 0.3 is 6.03 Å². The number of nitrogens with zero attached hydrogens (tertiary/aromatic N) is 1. The molecule has 27 heavy (non-hydrogen) atoms. The van der Waals surface area contributed by atoms with Gasteiger partial charge in [0.05, 0.1) is 12.0 Å². The third kappa shape index (κ3) is 5.88. The van der Waals surface area contributed by atoms with Crippen molar-refractivity contribution in [1.29, 1.82) is 0 Å². The number of rotatable bonds is 6. The molecule has 3 N–H and O–H groups in total. The third-order valence-corrected chi connectivity index (χ3v) is 3.38. The molecule has 0 aliphatic carbocycles. The number of hydrazine groups is 1. The van der Waals surface area contributed by atoms with Crippen molar-refractivity contribution in [2.45, 2.75) is 6.92 Å². The number of methoxy groups -OCH3 is 1. The van der Waals surface area contributed by atoms with Crippen LogP contribution in [0.25, 0.3) is 0 Å². The van der Waals surface area contributed by atoms with E-state index in [-0.39, 0.29) is 12.3 Å². The van der Waals surface area contributed by atoms with Crippen molar-refractivity contribution in [2.24, 2.45) is 0 Å². The maximum atomic E-state index is 11.8. The average molecular weight is 374 g/mol. The van der Waals surface area contributed by atoms with Gasteiger partial charge in [-0.1, -0.05) is 6.07 Å². The zero-order valence-corrected chi connectivity index (χ0v) is 14.6.